The summed E-state index contributed by atoms with van der Waals surface area (Å²) in [6, 6.07) is 16.3. The van der Waals surface area contributed by atoms with Crippen molar-refractivity contribution < 1.29 is 29.0 Å². The monoisotopic (exact) mass is 463 g/mol. The number of carbonyl (C=O) groups excluding carboxylic acids is 3. The molecule has 1 amide bonds. The fraction of sp³-hybridized carbons (Fsp3) is 0.160. The molecule has 0 saturated heterocycles. The van der Waals surface area contributed by atoms with Crippen LogP contribution >= 0.6 is 11.3 Å². The number of rotatable bonds is 7. The Morgan fingerprint density at radius 3 is 2.45 bits per heavy atom. The Bertz CT molecular complexity index is 1230. The maximum Gasteiger partial charge on any atom is 0.337 e. The molecule has 4 rings (SSSR count). The second-order valence-corrected chi connectivity index (χ2v) is 8.32. The number of carbonyl (C=O) groups is 3. The number of ketones is 1. The fourth-order valence-corrected chi connectivity index (χ4v) is 4.49. The number of ether oxygens (including phenoxy) is 2. The van der Waals surface area contributed by atoms with E-state index in [0.29, 0.717) is 21.8 Å². The molecule has 168 valence electrons. The smallest absolute Gasteiger partial charge is 0.337 e. The molecule has 2 aromatic carbocycles. The van der Waals surface area contributed by atoms with Gasteiger partial charge in [-0.05, 0) is 46.8 Å². The van der Waals surface area contributed by atoms with Crippen LogP contribution in [-0.2, 0) is 16.1 Å². The van der Waals surface area contributed by atoms with Crippen molar-refractivity contribution in [1.82, 2.24) is 4.90 Å². The Morgan fingerprint density at radius 2 is 1.82 bits per heavy atom. The first-order valence-corrected chi connectivity index (χ1v) is 11.0. The summed E-state index contributed by atoms with van der Waals surface area (Å²) in [5.74, 6) is -1.49. The lowest BCUT2D eigenvalue weighted by Crippen LogP contribution is -2.30. The predicted octanol–water partition coefficient (Wildman–Crippen LogP) is 4.32. The van der Waals surface area contributed by atoms with E-state index in [1.165, 1.54) is 30.5 Å². The summed E-state index contributed by atoms with van der Waals surface area (Å²) >= 11 is 1.24. The molecule has 3 aromatic rings. The SMILES string of the molecule is COC(=O)c1ccc(CN2C(=O)C(O)=C(C(=O)c3cccs3)C2c2cccc(OC)c2)cc1. The molecule has 0 spiro atoms. The molecule has 0 fully saturated rings. The molecule has 0 aliphatic carbocycles. The topological polar surface area (TPSA) is 93.1 Å². The highest BCUT2D eigenvalue weighted by Crippen LogP contribution is 2.41. The Labute approximate surface area is 194 Å². The number of hydrogen-bond donors (Lipinski definition) is 1. The van der Waals surface area contributed by atoms with E-state index in [0.717, 1.165) is 5.56 Å². The van der Waals surface area contributed by atoms with Crippen LogP contribution in [0, 0.1) is 0 Å². The van der Waals surface area contributed by atoms with Gasteiger partial charge in [-0.3, -0.25) is 9.59 Å². The third-order valence-electron chi connectivity index (χ3n) is 5.43. The zero-order chi connectivity index (χ0) is 23.5. The number of esters is 1. The molecule has 0 radical (unpaired) electrons. The van der Waals surface area contributed by atoms with Crippen LogP contribution in [0.3, 0.4) is 0 Å². The summed E-state index contributed by atoms with van der Waals surface area (Å²) in [6.07, 6.45) is 0. The predicted molar refractivity (Wildman–Crippen MR) is 122 cm³/mol. The molecule has 1 atom stereocenters. The molecule has 2 heterocycles. The third kappa shape index (κ3) is 4.25. The average molecular weight is 464 g/mol. The van der Waals surface area contributed by atoms with Gasteiger partial charge in [-0.1, -0.05) is 30.3 Å². The van der Waals surface area contributed by atoms with Gasteiger partial charge in [-0.15, -0.1) is 11.3 Å². The van der Waals surface area contributed by atoms with Crippen molar-refractivity contribution in [3.8, 4) is 5.75 Å². The van der Waals surface area contributed by atoms with Gasteiger partial charge in [0.2, 0.25) is 5.78 Å². The number of aliphatic hydroxyl groups is 1. The molecule has 1 N–H and O–H groups in total. The van der Waals surface area contributed by atoms with E-state index in [1.54, 1.807) is 66.0 Å². The molecule has 33 heavy (non-hydrogen) atoms. The summed E-state index contributed by atoms with van der Waals surface area (Å²) in [6.45, 7) is 0.118. The minimum atomic E-state index is -0.803. The minimum absolute atomic E-state index is 0.0295. The second-order valence-electron chi connectivity index (χ2n) is 7.37. The van der Waals surface area contributed by atoms with Gasteiger partial charge in [0.05, 0.1) is 36.3 Å². The van der Waals surface area contributed by atoms with Gasteiger partial charge in [0.25, 0.3) is 5.91 Å². The van der Waals surface area contributed by atoms with Crippen molar-refractivity contribution in [1.29, 1.82) is 0 Å². The summed E-state index contributed by atoms with van der Waals surface area (Å²) in [5.41, 5.74) is 1.77. The van der Waals surface area contributed by atoms with Crippen molar-refractivity contribution in [3.63, 3.8) is 0 Å². The van der Waals surface area contributed by atoms with E-state index in [9.17, 15) is 19.5 Å². The molecular formula is C25H21NO6S. The molecule has 8 heteroatoms. The summed E-state index contributed by atoms with van der Waals surface area (Å²) < 4.78 is 10.0. The van der Waals surface area contributed by atoms with E-state index in [2.05, 4.69) is 0 Å². The highest BCUT2D eigenvalue weighted by molar-refractivity contribution is 7.12. The van der Waals surface area contributed by atoms with E-state index >= 15 is 0 Å². The van der Waals surface area contributed by atoms with Crippen LogP contribution in [0.2, 0.25) is 0 Å². The number of benzene rings is 2. The first-order valence-electron chi connectivity index (χ1n) is 10.1. The zero-order valence-corrected chi connectivity index (χ0v) is 18.8. The number of amides is 1. The van der Waals surface area contributed by atoms with E-state index in [-0.39, 0.29) is 12.1 Å². The largest absolute Gasteiger partial charge is 0.503 e. The fourth-order valence-electron chi connectivity index (χ4n) is 3.81. The molecule has 1 aliphatic rings. The summed E-state index contributed by atoms with van der Waals surface area (Å²) in [5, 5.41) is 12.5. The van der Waals surface area contributed by atoms with Crippen LogP contribution in [0.25, 0.3) is 0 Å². The van der Waals surface area contributed by atoms with E-state index in [4.69, 9.17) is 9.47 Å². The lowest BCUT2D eigenvalue weighted by Gasteiger charge is -2.27. The van der Waals surface area contributed by atoms with Crippen LogP contribution < -0.4 is 4.74 Å². The summed E-state index contributed by atoms with van der Waals surface area (Å²) in [4.78, 5) is 40.0. The Balaban J connectivity index is 1.74. The van der Waals surface area contributed by atoms with Crippen molar-refractivity contribution in [3.05, 3.63) is 98.9 Å². The standard InChI is InChI=1S/C25H21NO6S/c1-31-18-6-3-5-17(13-18)21-20(22(27)19-7-4-12-33-19)23(28)24(29)26(21)14-15-8-10-16(11-9-15)25(30)32-2/h3-13,21,28H,14H2,1-2H3. The molecular weight excluding hydrogens is 442 g/mol. The molecule has 1 aliphatic heterocycles. The van der Waals surface area contributed by atoms with Crippen LogP contribution in [-0.4, -0.2) is 41.9 Å². The number of Topliss-reactive ketones (excluding diaryl/α,β-unsaturated/α-hetero) is 1. The average Bonchev–Trinajstić information content (AvgIpc) is 3.47. The number of methoxy groups -OCH3 is 2. The van der Waals surface area contributed by atoms with Crippen LogP contribution in [0.5, 0.6) is 5.75 Å². The molecule has 0 saturated carbocycles. The lowest BCUT2D eigenvalue weighted by atomic mass is 9.95. The maximum atomic E-state index is 13.3. The van der Waals surface area contributed by atoms with Crippen LogP contribution in [0.15, 0.2) is 77.4 Å². The Kier molecular flexibility index (Phi) is 6.28. The van der Waals surface area contributed by atoms with Gasteiger partial charge in [0.1, 0.15) is 5.75 Å². The number of nitrogens with zero attached hydrogens (tertiary/aromatic N) is 1. The van der Waals surface area contributed by atoms with Crippen molar-refractivity contribution in [2.24, 2.45) is 0 Å². The Morgan fingerprint density at radius 1 is 1.06 bits per heavy atom. The van der Waals surface area contributed by atoms with Crippen molar-refractivity contribution in [2.75, 3.05) is 14.2 Å². The van der Waals surface area contributed by atoms with Crippen molar-refractivity contribution >= 4 is 29.0 Å². The van der Waals surface area contributed by atoms with Crippen LogP contribution in [0.4, 0.5) is 0 Å². The highest BCUT2D eigenvalue weighted by Gasteiger charge is 2.44. The first kappa shape index (κ1) is 22.3. The highest BCUT2D eigenvalue weighted by atomic mass is 32.1. The quantitative estimate of drug-likeness (QED) is 0.414. The molecule has 1 unspecified atom stereocenters. The first-order chi connectivity index (χ1) is 15.9. The van der Waals surface area contributed by atoms with Gasteiger partial charge in [0, 0.05) is 6.54 Å². The van der Waals surface area contributed by atoms with Gasteiger partial charge >= 0.3 is 5.97 Å². The van der Waals surface area contributed by atoms with E-state index < -0.39 is 29.5 Å². The second kappa shape index (κ2) is 9.30. The van der Waals surface area contributed by atoms with Crippen LogP contribution in [0.1, 0.15) is 37.2 Å². The van der Waals surface area contributed by atoms with Gasteiger partial charge in [-0.2, -0.15) is 0 Å². The molecule has 7 nitrogen and oxygen atoms in total. The minimum Gasteiger partial charge on any atom is -0.503 e. The van der Waals surface area contributed by atoms with E-state index in [1.807, 2.05) is 0 Å². The van der Waals surface area contributed by atoms with Gasteiger partial charge in [-0.25, -0.2) is 4.79 Å². The molecule has 0 bridgehead atoms. The normalized spacial score (nSPS) is 15.6. The Hall–Kier alpha value is -3.91. The zero-order valence-electron chi connectivity index (χ0n) is 18.0. The van der Waals surface area contributed by atoms with Gasteiger partial charge < -0.3 is 19.5 Å². The lowest BCUT2D eigenvalue weighted by molar-refractivity contribution is -0.130. The maximum absolute atomic E-state index is 13.3. The number of hydrogen-bond acceptors (Lipinski definition) is 7. The number of aliphatic hydroxyl groups excluding tert-OH is 1. The number of thiophene rings is 1. The van der Waals surface area contributed by atoms with Gasteiger partial charge in [0.15, 0.2) is 5.76 Å². The third-order valence-corrected chi connectivity index (χ3v) is 6.30. The summed E-state index contributed by atoms with van der Waals surface area (Å²) in [7, 11) is 2.84. The molecule has 1 aromatic heterocycles. The van der Waals surface area contributed by atoms with Crippen molar-refractivity contribution in [2.45, 2.75) is 12.6 Å².